The van der Waals surface area contributed by atoms with E-state index in [4.69, 9.17) is 0 Å². The zero-order valence-electron chi connectivity index (χ0n) is 38.3. The van der Waals surface area contributed by atoms with Gasteiger partial charge in [0.1, 0.15) is 0 Å². The SMILES string of the molecule is CCCc1ccccc1-c1[c-]c2c(cc1C(C)(C)C)-c1cc(C(C)(C)C)c(-c3ccccc3CCC)cc1C2.[C-]1=CC=CC1.[Cl-].[Cl-].[Zr+2]=[C](Cc1ccccc1)Cc1ccccc1. The number of aryl methyl sites for hydroxylation is 2. The van der Waals surface area contributed by atoms with Crippen molar-refractivity contribution < 1.29 is 49.0 Å². The van der Waals surface area contributed by atoms with Crippen LogP contribution in [0.2, 0.25) is 0 Å². The van der Waals surface area contributed by atoms with Gasteiger partial charge in [0.25, 0.3) is 0 Å². The van der Waals surface area contributed by atoms with Gasteiger partial charge in [0, 0.05) is 0 Å². The number of halogens is 2. The van der Waals surface area contributed by atoms with Gasteiger partial charge in [0.2, 0.25) is 0 Å². The minimum absolute atomic E-state index is 0. The Morgan fingerprint density at radius 3 is 1.55 bits per heavy atom. The summed E-state index contributed by atoms with van der Waals surface area (Å²) in [5.41, 5.74) is 19.7. The van der Waals surface area contributed by atoms with Crippen molar-refractivity contribution in [3.63, 3.8) is 0 Å². The standard InChI is InChI=1S/C39H45.C15H14.C5H5.2ClH.Zr/c1-9-15-26-17-11-13-19-30(26)34-22-28-21-29-23-35(31-20-14-12-18-27(31)16-10-2)37(39(6,7)8)25-33(29)32(28)24-36(34)38(3,4)5;1-3-8-14(9-4-1)12-7-13-15-10-5-2-6-11-15;1-2-4-5-3-1;;;/h11-14,17-20,22,24-25H,9-10,15-16,21H2,1-8H3;1-6,8-11H,12-13H2;1-3H,4H2;2*1H;/q-1;;-1;;;+2/p-2. The maximum atomic E-state index is 4.01. The Balaban J connectivity index is 0.000000302. The Morgan fingerprint density at radius 2 is 1.06 bits per heavy atom. The molecule has 0 bridgehead atoms. The number of hydrogen-bond donors (Lipinski definition) is 0. The molecule has 0 unspecified atom stereocenters. The van der Waals surface area contributed by atoms with E-state index in [2.05, 4.69) is 201 Å². The topological polar surface area (TPSA) is 0 Å². The van der Waals surface area contributed by atoms with Crippen molar-refractivity contribution in [1.29, 1.82) is 0 Å². The molecule has 0 saturated heterocycles. The van der Waals surface area contributed by atoms with Crippen molar-refractivity contribution in [2.45, 2.75) is 118 Å². The van der Waals surface area contributed by atoms with Gasteiger partial charge in [-0.1, -0.05) is 151 Å². The molecular formula is C59H64Cl2Zr-2. The molecule has 0 aromatic heterocycles. The van der Waals surface area contributed by atoms with Gasteiger partial charge in [0.05, 0.1) is 0 Å². The summed E-state index contributed by atoms with van der Waals surface area (Å²) < 4.78 is 1.60. The number of fused-ring (bicyclic) bond motifs is 3. The average Bonchev–Trinajstić information content (AvgIpc) is 3.93. The predicted molar refractivity (Wildman–Crippen MR) is 257 cm³/mol. The van der Waals surface area contributed by atoms with E-state index in [1.165, 1.54) is 77.9 Å². The second kappa shape index (κ2) is 23.7. The predicted octanol–water partition coefficient (Wildman–Crippen LogP) is 9.40. The molecule has 6 aromatic carbocycles. The number of allylic oxidation sites excluding steroid dienone is 4. The van der Waals surface area contributed by atoms with Crippen LogP contribution in [0.5, 0.6) is 0 Å². The van der Waals surface area contributed by atoms with Crippen molar-refractivity contribution in [3.8, 4) is 33.4 Å². The summed E-state index contributed by atoms with van der Waals surface area (Å²) in [6.07, 6.45) is 17.7. The van der Waals surface area contributed by atoms with Gasteiger partial charge in [-0.25, -0.2) is 12.2 Å². The van der Waals surface area contributed by atoms with Gasteiger partial charge >= 0.3 is 112 Å². The zero-order chi connectivity index (χ0) is 42.7. The van der Waals surface area contributed by atoms with Crippen molar-refractivity contribution in [3.05, 3.63) is 202 Å². The van der Waals surface area contributed by atoms with Gasteiger partial charge in [-0.05, 0) is 57.9 Å². The summed E-state index contributed by atoms with van der Waals surface area (Å²) in [6, 6.07) is 51.0. The molecule has 0 N–H and O–H groups in total. The van der Waals surface area contributed by atoms with Crippen LogP contribution in [0.4, 0.5) is 0 Å². The van der Waals surface area contributed by atoms with Crippen LogP contribution in [0.15, 0.2) is 146 Å². The molecule has 0 fully saturated rings. The quantitative estimate of drug-likeness (QED) is 0.120. The molecule has 8 rings (SSSR count). The molecular weight excluding hydrogens is 871 g/mol. The van der Waals surface area contributed by atoms with Crippen LogP contribution >= 0.6 is 0 Å². The van der Waals surface area contributed by atoms with Gasteiger partial charge in [-0.3, -0.25) is 6.08 Å². The van der Waals surface area contributed by atoms with E-state index >= 15 is 0 Å². The van der Waals surface area contributed by atoms with Crippen molar-refractivity contribution in [2.24, 2.45) is 0 Å². The Morgan fingerprint density at radius 1 is 0.565 bits per heavy atom. The molecule has 0 amide bonds. The monoisotopic (exact) mass is 932 g/mol. The first-order valence-electron chi connectivity index (χ1n) is 22.2. The van der Waals surface area contributed by atoms with Crippen molar-refractivity contribution >= 4 is 3.21 Å². The first kappa shape index (κ1) is 50.8. The van der Waals surface area contributed by atoms with E-state index in [0.29, 0.717) is 0 Å². The number of benzene rings is 6. The van der Waals surface area contributed by atoms with Crippen molar-refractivity contribution in [2.75, 3.05) is 0 Å². The summed E-state index contributed by atoms with van der Waals surface area (Å²) in [5.74, 6) is 0. The molecule has 2 aliphatic carbocycles. The molecule has 0 radical (unpaired) electrons. The van der Waals surface area contributed by atoms with Crippen LogP contribution in [-0.2, 0) is 67.2 Å². The van der Waals surface area contributed by atoms with Crippen LogP contribution in [0, 0.1) is 12.1 Å². The van der Waals surface area contributed by atoms with Gasteiger partial charge in [-0.2, -0.15) is 6.08 Å². The van der Waals surface area contributed by atoms with E-state index < -0.39 is 0 Å². The molecule has 3 heteroatoms. The summed E-state index contributed by atoms with van der Waals surface area (Å²) in [4.78, 5) is 0. The number of rotatable bonds is 10. The van der Waals surface area contributed by atoms with E-state index in [9.17, 15) is 0 Å². The second-order valence-electron chi connectivity index (χ2n) is 18.4. The third kappa shape index (κ3) is 13.3. The molecule has 0 nitrogen and oxygen atoms in total. The molecule has 6 aromatic rings. The van der Waals surface area contributed by atoms with E-state index in [1.807, 2.05) is 12.2 Å². The van der Waals surface area contributed by atoms with E-state index in [0.717, 1.165) is 51.4 Å². The summed E-state index contributed by atoms with van der Waals surface area (Å²) in [6.45, 7) is 18.7. The third-order valence-corrected chi connectivity index (χ3v) is 12.3. The fourth-order valence-electron chi connectivity index (χ4n) is 8.46. The normalized spacial score (nSPS) is 12.2. The molecule has 0 aliphatic heterocycles. The third-order valence-electron chi connectivity index (χ3n) is 11.4. The Kier molecular flexibility index (Phi) is 19.4. The summed E-state index contributed by atoms with van der Waals surface area (Å²) in [5, 5.41) is 0. The molecule has 62 heavy (non-hydrogen) atoms. The van der Waals surface area contributed by atoms with Gasteiger partial charge in [0.15, 0.2) is 0 Å². The van der Waals surface area contributed by atoms with Crippen LogP contribution in [0.3, 0.4) is 0 Å². The van der Waals surface area contributed by atoms with Gasteiger partial charge in [-0.15, -0.1) is 35.2 Å². The average molecular weight is 935 g/mol. The van der Waals surface area contributed by atoms with Crippen LogP contribution in [0.25, 0.3) is 33.4 Å². The fraction of sp³-hybridized carbons (Fsp3) is 0.305. The Labute approximate surface area is 402 Å². The Hall–Kier alpha value is -3.87. The van der Waals surface area contributed by atoms with Crippen molar-refractivity contribution in [1.82, 2.24) is 0 Å². The maximum absolute atomic E-state index is 4.01. The van der Waals surface area contributed by atoms with Crippen LogP contribution in [0.1, 0.15) is 119 Å². The summed E-state index contributed by atoms with van der Waals surface area (Å²) in [7, 11) is 0. The molecule has 0 spiro atoms. The second-order valence-corrected chi connectivity index (χ2v) is 20.2. The van der Waals surface area contributed by atoms with Crippen LogP contribution in [-0.4, -0.2) is 3.21 Å². The fourth-order valence-corrected chi connectivity index (χ4v) is 9.46. The van der Waals surface area contributed by atoms with E-state index in [-0.39, 0.29) is 35.6 Å². The minimum atomic E-state index is 0. The molecule has 2 aliphatic rings. The van der Waals surface area contributed by atoms with Crippen LogP contribution < -0.4 is 24.8 Å². The van der Waals surface area contributed by atoms with Gasteiger partial charge < -0.3 is 24.8 Å². The molecule has 0 saturated carbocycles. The molecule has 0 heterocycles. The molecule has 320 valence electrons. The summed E-state index contributed by atoms with van der Waals surface area (Å²) >= 11 is 1.55. The number of hydrogen-bond acceptors (Lipinski definition) is 0. The first-order valence-corrected chi connectivity index (χ1v) is 23.4. The Bertz CT molecular complexity index is 2260. The zero-order valence-corrected chi connectivity index (χ0v) is 42.2. The first-order chi connectivity index (χ1) is 28.9. The molecule has 0 atom stereocenters. The van der Waals surface area contributed by atoms with E-state index in [1.54, 1.807) is 27.4 Å².